The molecule has 3 aliphatic rings. The molecule has 4 atom stereocenters. The predicted octanol–water partition coefficient (Wildman–Crippen LogP) is 2.81. The van der Waals surface area contributed by atoms with Gasteiger partial charge in [-0.1, -0.05) is 18.2 Å². The molecule has 3 heterocycles. The molecule has 3 saturated heterocycles. The fourth-order valence-electron chi connectivity index (χ4n) is 3.64. The molecule has 0 radical (unpaired) electrons. The number of hydrogen-bond donors (Lipinski definition) is 1. The van der Waals surface area contributed by atoms with Gasteiger partial charge in [0, 0.05) is 25.7 Å². The van der Waals surface area contributed by atoms with Gasteiger partial charge in [-0.3, -0.25) is 4.90 Å². The van der Waals surface area contributed by atoms with Crippen molar-refractivity contribution in [2.24, 2.45) is 11.8 Å². The van der Waals surface area contributed by atoms with Crippen LogP contribution in [0.15, 0.2) is 36.9 Å². The van der Waals surface area contributed by atoms with Crippen molar-refractivity contribution >= 4 is 0 Å². The van der Waals surface area contributed by atoms with Gasteiger partial charge in [0.1, 0.15) is 5.82 Å². The smallest absolute Gasteiger partial charge is 0.123 e. The Hall–Kier alpha value is -1.19. The molecule has 1 aromatic rings. The highest BCUT2D eigenvalue weighted by atomic mass is 19.1. The molecular formula is C17H23FN2. The van der Waals surface area contributed by atoms with E-state index in [-0.39, 0.29) is 5.82 Å². The molecule has 4 rings (SSSR count). The van der Waals surface area contributed by atoms with Gasteiger partial charge < -0.3 is 5.32 Å². The second kappa shape index (κ2) is 6.06. The maximum Gasteiger partial charge on any atom is 0.123 e. The van der Waals surface area contributed by atoms with Crippen LogP contribution in [0.1, 0.15) is 18.4 Å². The third kappa shape index (κ3) is 2.94. The molecule has 0 saturated carbocycles. The summed E-state index contributed by atoms with van der Waals surface area (Å²) in [5, 5.41) is 3.52. The summed E-state index contributed by atoms with van der Waals surface area (Å²) in [6, 6.07) is 7.41. The van der Waals surface area contributed by atoms with E-state index >= 15 is 0 Å². The largest absolute Gasteiger partial charge is 0.311 e. The lowest BCUT2D eigenvalue weighted by Crippen LogP contribution is -2.55. The minimum Gasteiger partial charge on any atom is -0.311 e. The van der Waals surface area contributed by atoms with Crippen molar-refractivity contribution in [1.29, 1.82) is 0 Å². The SMILES string of the molecule is C=C[C@@H]1CN2CC[C@H]1C[C@@H]2CNCc1ccc(F)cc1. The van der Waals surface area contributed by atoms with Crippen molar-refractivity contribution in [3.8, 4) is 0 Å². The molecule has 1 aromatic carbocycles. The van der Waals surface area contributed by atoms with Crippen molar-refractivity contribution in [1.82, 2.24) is 10.2 Å². The highest BCUT2D eigenvalue weighted by Gasteiger charge is 2.38. The van der Waals surface area contributed by atoms with Gasteiger partial charge in [-0.05, 0) is 48.9 Å². The Bertz CT molecular complexity index is 457. The van der Waals surface area contributed by atoms with Crippen LogP contribution in [0.3, 0.4) is 0 Å². The van der Waals surface area contributed by atoms with E-state index < -0.39 is 0 Å². The number of hydrogen-bond acceptors (Lipinski definition) is 2. The second-order valence-corrected chi connectivity index (χ2v) is 6.09. The van der Waals surface area contributed by atoms with Gasteiger partial charge in [-0.25, -0.2) is 4.39 Å². The van der Waals surface area contributed by atoms with Gasteiger partial charge in [-0.15, -0.1) is 6.58 Å². The zero-order valence-electron chi connectivity index (χ0n) is 11.9. The van der Waals surface area contributed by atoms with E-state index in [1.54, 1.807) is 0 Å². The minimum atomic E-state index is -0.167. The molecule has 3 fully saturated rings. The van der Waals surface area contributed by atoms with Crippen LogP contribution in [0, 0.1) is 17.7 Å². The standard InChI is InChI=1S/C17H23FN2/c1-2-14-12-20-8-7-15(14)9-17(20)11-19-10-13-3-5-16(18)6-4-13/h2-6,14-15,17,19H,1,7-12H2/t14-,15+,17-/m1/s1. The summed E-state index contributed by atoms with van der Waals surface area (Å²) in [6.45, 7) is 8.22. The lowest BCUT2D eigenvalue weighted by atomic mass is 9.75. The maximum absolute atomic E-state index is 12.8. The van der Waals surface area contributed by atoms with E-state index in [0.29, 0.717) is 12.0 Å². The summed E-state index contributed by atoms with van der Waals surface area (Å²) in [7, 11) is 0. The number of halogens is 1. The topological polar surface area (TPSA) is 15.3 Å². The Kier molecular flexibility index (Phi) is 4.18. The number of nitrogens with zero attached hydrogens (tertiary/aromatic N) is 1. The van der Waals surface area contributed by atoms with Crippen molar-refractivity contribution in [3.63, 3.8) is 0 Å². The third-order valence-corrected chi connectivity index (χ3v) is 4.85. The molecule has 3 heteroatoms. The average molecular weight is 274 g/mol. The highest BCUT2D eigenvalue weighted by molar-refractivity contribution is 5.15. The van der Waals surface area contributed by atoms with E-state index in [4.69, 9.17) is 0 Å². The van der Waals surface area contributed by atoms with Gasteiger partial charge in [0.05, 0.1) is 0 Å². The van der Waals surface area contributed by atoms with E-state index in [9.17, 15) is 4.39 Å². The van der Waals surface area contributed by atoms with Crippen LogP contribution in [-0.4, -0.2) is 30.6 Å². The van der Waals surface area contributed by atoms with Crippen LogP contribution in [0.5, 0.6) is 0 Å². The summed E-state index contributed by atoms with van der Waals surface area (Å²) in [5.41, 5.74) is 1.14. The van der Waals surface area contributed by atoms with Gasteiger partial charge in [0.15, 0.2) is 0 Å². The lowest BCUT2D eigenvalue weighted by Gasteiger charge is -2.49. The highest BCUT2D eigenvalue weighted by Crippen LogP contribution is 2.36. The van der Waals surface area contributed by atoms with E-state index in [1.165, 1.54) is 38.1 Å². The van der Waals surface area contributed by atoms with Crippen molar-refractivity contribution in [2.75, 3.05) is 19.6 Å². The lowest BCUT2D eigenvalue weighted by molar-refractivity contribution is 0.0195. The first-order chi connectivity index (χ1) is 9.76. The first-order valence-electron chi connectivity index (χ1n) is 7.58. The molecule has 1 N–H and O–H groups in total. The fourth-order valence-corrected chi connectivity index (χ4v) is 3.64. The molecule has 2 bridgehead atoms. The maximum atomic E-state index is 12.8. The number of fused-ring (bicyclic) bond motifs is 3. The zero-order valence-corrected chi connectivity index (χ0v) is 11.9. The Morgan fingerprint density at radius 3 is 2.80 bits per heavy atom. The summed E-state index contributed by atoms with van der Waals surface area (Å²) in [6.07, 6.45) is 4.75. The first-order valence-corrected chi connectivity index (χ1v) is 7.58. The van der Waals surface area contributed by atoms with Gasteiger partial charge in [0.25, 0.3) is 0 Å². The number of piperidine rings is 3. The Morgan fingerprint density at radius 2 is 2.15 bits per heavy atom. The van der Waals surface area contributed by atoms with Gasteiger partial charge >= 0.3 is 0 Å². The Balaban J connectivity index is 1.48. The molecule has 20 heavy (non-hydrogen) atoms. The van der Waals surface area contributed by atoms with E-state index in [2.05, 4.69) is 22.9 Å². The van der Waals surface area contributed by atoms with E-state index in [0.717, 1.165) is 24.6 Å². The molecule has 1 unspecified atom stereocenters. The number of nitrogens with one attached hydrogen (secondary N) is 1. The van der Waals surface area contributed by atoms with Gasteiger partial charge in [0.2, 0.25) is 0 Å². The molecule has 0 aliphatic carbocycles. The van der Waals surface area contributed by atoms with Crippen LogP contribution >= 0.6 is 0 Å². The summed E-state index contributed by atoms with van der Waals surface area (Å²) < 4.78 is 12.8. The molecule has 2 nitrogen and oxygen atoms in total. The first kappa shape index (κ1) is 13.8. The average Bonchev–Trinajstić information content (AvgIpc) is 2.50. The quantitative estimate of drug-likeness (QED) is 0.831. The summed E-state index contributed by atoms with van der Waals surface area (Å²) in [4.78, 5) is 2.60. The minimum absolute atomic E-state index is 0.167. The number of rotatable bonds is 5. The number of benzene rings is 1. The van der Waals surface area contributed by atoms with Crippen LogP contribution < -0.4 is 5.32 Å². The second-order valence-electron chi connectivity index (χ2n) is 6.09. The fraction of sp³-hybridized carbons (Fsp3) is 0.529. The Labute approximate surface area is 120 Å². The van der Waals surface area contributed by atoms with Crippen molar-refractivity contribution in [2.45, 2.75) is 25.4 Å². The van der Waals surface area contributed by atoms with Crippen LogP contribution in [0.25, 0.3) is 0 Å². The Morgan fingerprint density at radius 1 is 1.35 bits per heavy atom. The molecule has 0 aromatic heterocycles. The molecule has 0 spiro atoms. The van der Waals surface area contributed by atoms with Crippen molar-refractivity contribution in [3.05, 3.63) is 48.3 Å². The molecule has 3 aliphatic heterocycles. The molecular weight excluding hydrogens is 251 g/mol. The monoisotopic (exact) mass is 274 g/mol. The third-order valence-electron chi connectivity index (χ3n) is 4.85. The van der Waals surface area contributed by atoms with E-state index in [1.807, 2.05) is 12.1 Å². The van der Waals surface area contributed by atoms with Crippen LogP contribution in [0.2, 0.25) is 0 Å². The molecule has 0 amide bonds. The summed E-state index contributed by atoms with van der Waals surface area (Å²) >= 11 is 0. The molecule has 108 valence electrons. The van der Waals surface area contributed by atoms with Gasteiger partial charge in [-0.2, -0.15) is 0 Å². The normalized spacial score (nSPS) is 32.2. The summed E-state index contributed by atoms with van der Waals surface area (Å²) in [5.74, 6) is 1.35. The van der Waals surface area contributed by atoms with Crippen molar-refractivity contribution < 1.29 is 4.39 Å². The van der Waals surface area contributed by atoms with Crippen LogP contribution in [0.4, 0.5) is 4.39 Å². The predicted molar refractivity (Wildman–Crippen MR) is 79.9 cm³/mol. The van der Waals surface area contributed by atoms with Crippen LogP contribution in [-0.2, 0) is 6.54 Å². The zero-order chi connectivity index (χ0) is 13.9.